The molecule has 1 aliphatic rings. The molecule has 6 heteroatoms. The first-order valence-electron chi connectivity index (χ1n) is 7.12. The van der Waals surface area contributed by atoms with E-state index in [1.54, 1.807) is 4.90 Å². The van der Waals surface area contributed by atoms with Crippen molar-refractivity contribution in [2.45, 2.75) is 38.3 Å². The second kappa shape index (κ2) is 6.85. The van der Waals surface area contributed by atoms with Crippen LogP contribution in [0.5, 0.6) is 5.75 Å². The Morgan fingerprint density at radius 2 is 2.24 bits per heavy atom. The van der Waals surface area contributed by atoms with Gasteiger partial charge in [0.25, 0.3) is 5.91 Å². The SMILES string of the molecule is CC(N)C1CCCCN1C(=O)COc1ccc(F)cc1F. The van der Waals surface area contributed by atoms with Gasteiger partial charge in [-0.15, -0.1) is 0 Å². The van der Waals surface area contributed by atoms with E-state index < -0.39 is 11.6 Å². The van der Waals surface area contributed by atoms with Gasteiger partial charge < -0.3 is 15.4 Å². The van der Waals surface area contributed by atoms with Gasteiger partial charge in [0, 0.05) is 24.7 Å². The van der Waals surface area contributed by atoms with Gasteiger partial charge in [-0.3, -0.25) is 4.79 Å². The molecule has 4 nitrogen and oxygen atoms in total. The van der Waals surface area contributed by atoms with Crippen molar-refractivity contribution in [3.63, 3.8) is 0 Å². The molecule has 21 heavy (non-hydrogen) atoms. The monoisotopic (exact) mass is 298 g/mol. The molecule has 1 fully saturated rings. The number of hydrogen-bond acceptors (Lipinski definition) is 3. The molecule has 2 N–H and O–H groups in total. The molecule has 2 rings (SSSR count). The van der Waals surface area contributed by atoms with Crippen LogP contribution in [0.4, 0.5) is 8.78 Å². The maximum absolute atomic E-state index is 13.4. The Hall–Kier alpha value is -1.69. The van der Waals surface area contributed by atoms with Crippen LogP contribution in [0.25, 0.3) is 0 Å². The molecule has 1 saturated heterocycles. The molecule has 0 aliphatic carbocycles. The van der Waals surface area contributed by atoms with Gasteiger partial charge in [0.1, 0.15) is 5.82 Å². The van der Waals surface area contributed by atoms with Crippen LogP contribution >= 0.6 is 0 Å². The first-order chi connectivity index (χ1) is 9.99. The Morgan fingerprint density at radius 1 is 1.48 bits per heavy atom. The number of nitrogens with two attached hydrogens (primary N) is 1. The lowest BCUT2D eigenvalue weighted by molar-refractivity contribution is -0.137. The number of carbonyl (C=O) groups is 1. The first-order valence-corrected chi connectivity index (χ1v) is 7.12. The molecule has 1 aromatic carbocycles. The molecule has 0 saturated carbocycles. The average molecular weight is 298 g/mol. The lowest BCUT2D eigenvalue weighted by Gasteiger charge is -2.38. The highest BCUT2D eigenvalue weighted by atomic mass is 19.1. The predicted octanol–water partition coefficient (Wildman–Crippen LogP) is 2.07. The minimum Gasteiger partial charge on any atom is -0.481 e. The van der Waals surface area contributed by atoms with Gasteiger partial charge in [0.2, 0.25) is 0 Å². The van der Waals surface area contributed by atoms with Gasteiger partial charge in [-0.2, -0.15) is 0 Å². The van der Waals surface area contributed by atoms with Crippen LogP contribution in [0.1, 0.15) is 26.2 Å². The highest BCUT2D eigenvalue weighted by molar-refractivity contribution is 5.78. The van der Waals surface area contributed by atoms with Crippen molar-refractivity contribution in [3.8, 4) is 5.75 Å². The third kappa shape index (κ3) is 3.91. The third-order valence-corrected chi connectivity index (χ3v) is 3.72. The molecule has 2 atom stereocenters. The van der Waals surface area contributed by atoms with Gasteiger partial charge in [0.05, 0.1) is 0 Å². The summed E-state index contributed by atoms with van der Waals surface area (Å²) in [5.41, 5.74) is 5.91. The molecule has 1 aliphatic heterocycles. The van der Waals surface area contributed by atoms with Crippen molar-refractivity contribution < 1.29 is 18.3 Å². The van der Waals surface area contributed by atoms with E-state index in [1.165, 1.54) is 6.07 Å². The minimum absolute atomic E-state index is 0.00656. The molecule has 2 unspecified atom stereocenters. The summed E-state index contributed by atoms with van der Waals surface area (Å²) >= 11 is 0. The Kier molecular flexibility index (Phi) is 5.12. The van der Waals surface area contributed by atoms with Crippen molar-refractivity contribution in [2.24, 2.45) is 5.73 Å². The number of halogens is 2. The quantitative estimate of drug-likeness (QED) is 0.926. The van der Waals surface area contributed by atoms with Crippen molar-refractivity contribution in [1.82, 2.24) is 4.90 Å². The molecule has 0 bridgehead atoms. The van der Waals surface area contributed by atoms with E-state index in [4.69, 9.17) is 10.5 Å². The number of nitrogens with zero attached hydrogens (tertiary/aromatic N) is 1. The summed E-state index contributed by atoms with van der Waals surface area (Å²) in [6, 6.07) is 2.88. The van der Waals surface area contributed by atoms with Gasteiger partial charge in [-0.1, -0.05) is 0 Å². The fourth-order valence-electron chi connectivity index (χ4n) is 2.63. The maximum atomic E-state index is 13.4. The molecule has 1 aromatic rings. The highest BCUT2D eigenvalue weighted by Gasteiger charge is 2.29. The first kappa shape index (κ1) is 15.7. The van der Waals surface area contributed by atoms with Gasteiger partial charge in [0.15, 0.2) is 18.2 Å². The van der Waals surface area contributed by atoms with E-state index >= 15 is 0 Å². The second-order valence-electron chi connectivity index (χ2n) is 5.37. The average Bonchev–Trinajstić information content (AvgIpc) is 2.46. The van der Waals surface area contributed by atoms with E-state index in [2.05, 4.69) is 0 Å². The van der Waals surface area contributed by atoms with E-state index in [9.17, 15) is 13.6 Å². The van der Waals surface area contributed by atoms with Gasteiger partial charge in [-0.25, -0.2) is 8.78 Å². The zero-order chi connectivity index (χ0) is 15.4. The zero-order valence-corrected chi connectivity index (χ0v) is 12.0. The summed E-state index contributed by atoms with van der Waals surface area (Å²) < 4.78 is 31.4. The fraction of sp³-hybridized carbons (Fsp3) is 0.533. The number of rotatable bonds is 4. The summed E-state index contributed by atoms with van der Waals surface area (Å²) in [6.07, 6.45) is 2.84. The van der Waals surface area contributed by atoms with E-state index in [1.807, 2.05) is 6.92 Å². The van der Waals surface area contributed by atoms with E-state index in [-0.39, 0.29) is 30.3 Å². The number of amides is 1. The lowest BCUT2D eigenvalue weighted by Crippen LogP contribution is -2.52. The Morgan fingerprint density at radius 3 is 2.90 bits per heavy atom. The van der Waals surface area contributed by atoms with Crippen LogP contribution in [-0.2, 0) is 4.79 Å². The van der Waals surface area contributed by atoms with Crippen molar-refractivity contribution in [1.29, 1.82) is 0 Å². The van der Waals surface area contributed by atoms with E-state index in [0.717, 1.165) is 31.4 Å². The number of ether oxygens (including phenoxy) is 1. The summed E-state index contributed by atoms with van der Waals surface area (Å²) in [7, 11) is 0. The topological polar surface area (TPSA) is 55.6 Å². The molecule has 1 heterocycles. The van der Waals surface area contributed by atoms with Crippen LogP contribution < -0.4 is 10.5 Å². The summed E-state index contributed by atoms with van der Waals surface area (Å²) in [5, 5.41) is 0. The van der Waals surface area contributed by atoms with Gasteiger partial charge in [-0.05, 0) is 38.3 Å². The number of benzene rings is 1. The third-order valence-electron chi connectivity index (χ3n) is 3.72. The molecule has 116 valence electrons. The molecule has 0 spiro atoms. The number of hydrogen-bond donors (Lipinski definition) is 1. The Bertz CT molecular complexity index is 508. The minimum atomic E-state index is -0.815. The number of carbonyl (C=O) groups excluding carboxylic acids is 1. The maximum Gasteiger partial charge on any atom is 0.260 e. The largest absolute Gasteiger partial charge is 0.481 e. The fourth-order valence-corrected chi connectivity index (χ4v) is 2.63. The molecular weight excluding hydrogens is 278 g/mol. The van der Waals surface area contributed by atoms with Gasteiger partial charge >= 0.3 is 0 Å². The molecule has 1 amide bonds. The summed E-state index contributed by atoms with van der Waals surface area (Å²) in [5.74, 6) is -1.84. The molecular formula is C15H20F2N2O2. The van der Waals surface area contributed by atoms with Crippen LogP contribution in [-0.4, -0.2) is 36.0 Å². The van der Waals surface area contributed by atoms with Crippen LogP contribution in [0.15, 0.2) is 18.2 Å². The number of likely N-dealkylation sites (tertiary alicyclic amines) is 1. The predicted molar refractivity (Wildman–Crippen MR) is 74.9 cm³/mol. The van der Waals surface area contributed by atoms with Crippen molar-refractivity contribution in [3.05, 3.63) is 29.8 Å². The smallest absolute Gasteiger partial charge is 0.260 e. The Balaban J connectivity index is 1.97. The summed E-state index contributed by atoms with van der Waals surface area (Å²) in [6.45, 7) is 2.24. The summed E-state index contributed by atoms with van der Waals surface area (Å²) in [4.78, 5) is 13.9. The zero-order valence-electron chi connectivity index (χ0n) is 12.0. The normalized spacial score (nSPS) is 20.2. The highest BCUT2D eigenvalue weighted by Crippen LogP contribution is 2.21. The lowest BCUT2D eigenvalue weighted by atomic mass is 9.97. The van der Waals surface area contributed by atoms with Crippen molar-refractivity contribution in [2.75, 3.05) is 13.2 Å². The standard InChI is InChI=1S/C15H20F2N2O2/c1-10(18)13-4-2-3-7-19(13)15(20)9-21-14-6-5-11(16)8-12(14)17/h5-6,8,10,13H,2-4,7,9,18H2,1H3. The van der Waals surface area contributed by atoms with Crippen LogP contribution in [0, 0.1) is 11.6 Å². The molecule has 0 radical (unpaired) electrons. The Labute approximate surface area is 122 Å². The second-order valence-corrected chi connectivity index (χ2v) is 5.37. The number of piperidine rings is 1. The van der Waals surface area contributed by atoms with Crippen molar-refractivity contribution >= 4 is 5.91 Å². The van der Waals surface area contributed by atoms with Crippen LogP contribution in [0.3, 0.4) is 0 Å². The molecule has 0 aromatic heterocycles. The van der Waals surface area contributed by atoms with E-state index in [0.29, 0.717) is 6.54 Å². The van der Waals surface area contributed by atoms with Crippen LogP contribution in [0.2, 0.25) is 0 Å².